The Morgan fingerprint density at radius 1 is 1.42 bits per heavy atom. The number of carbonyl (C=O) groups is 1. The molecule has 1 aromatic carbocycles. The van der Waals surface area contributed by atoms with Gasteiger partial charge in [0.15, 0.2) is 11.5 Å². The SMILES string of the molecule is COc1cccc2c1OCC(NC(=O)c1cn(C)c(=O)[nH]c1=O)C2. The number of amides is 1. The van der Waals surface area contributed by atoms with Gasteiger partial charge in [0.2, 0.25) is 0 Å². The third kappa shape index (κ3) is 2.90. The number of benzene rings is 1. The number of carbonyl (C=O) groups excluding carboxylic acids is 1. The maximum Gasteiger partial charge on any atom is 0.328 e. The van der Waals surface area contributed by atoms with Crippen molar-refractivity contribution in [1.29, 1.82) is 0 Å². The summed E-state index contributed by atoms with van der Waals surface area (Å²) in [6, 6.07) is 5.27. The van der Waals surface area contributed by atoms with Gasteiger partial charge in [-0.3, -0.25) is 14.6 Å². The lowest BCUT2D eigenvalue weighted by Gasteiger charge is -2.27. The number of aromatic amines is 1. The third-order valence-corrected chi connectivity index (χ3v) is 3.86. The molecule has 8 nitrogen and oxygen atoms in total. The van der Waals surface area contributed by atoms with Crippen LogP contribution in [-0.4, -0.2) is 35.2 Å². The van der Waals surface area contributed by atoms with E-state index in [1.807, 2.05) is 18.2 Å². The van der Waals surface area contributed by atoms with Crippen molar-refractivity contribution in [2.24, 2.45) is 7.05 Å². The molecule has 1 atom stereocenters. The smallest absolute Gasteiger partial charge is 0.328 e. The summed E-state index contributed by atoms with van der Waals surface area (Å²) in [5.74, 6) is 0.768. The van der Waals surface area contributed by atoms with Crippen molar-refractivity contribution in [1.82, 2.24) is 14.9 Å². The molecular weight excluding hydrogens is 314 g/mol. The van der Waals surface area contributed by atoms with Crippen LogP contribution in [0.1, 0.15) is 15.9 Å². The van der Waals surface area contributed by atoms with E-state index in [4.69, 9.17) is 9.47 Å². The van der Waals surface area contributed by atoms with Crippen molar-refractivity contribution < 1.29 is 14.3 Å². The Labute approximate surface area is 137 Å². The van der Waals surface area contributed by atoms with Gasteiger partial charge < -0.3 is 19.4 Å². The van der Waals surface area contributed by atoms with E-state index in [-0.39, 0.29) is 18.2 Å². The summed E-state index contributed by atoms with van der Waals surface area (Å²) in [5, 5.41) is 2.76. The number of hydrogen-bond acceptors (Lipinski definition) is 5. The fraction of sp³-hybridized carbons (Fsp3) is 0.312. The molecule has 24 heavy (non-hydrogen) atoms. The van der Waals surface area contributed by atoms with E-state index in [2.05, 4.69) is 10.3 Å². The normalized spacial score (nSPS) is 16.0. The number of hydrogen-bond donors (Lipinski definition) is 2. The molecule has 3 rings (SSSR count). The molecule has 0 fully saturated rings. The van der Waals surface area contributed by atoms with Crippen LogP contribution >= 0.6 is 0 Å². The second kappa shape index (κ2) is 6.23. The van der Waals surface area contributed by atoms with Gasteiger partial charge in [0.25, 0.3) is 11.5 Å². The first-order valence-electron chi connectivity index (χ1n) is 7.39. The number of ether oxygens (including phenoxy) is 2. The first-order chi connectivity index (χ1) is 11.5. The molecular formula is C16H17N3O5. The van der Waals surface area contributed by atoms with Crippen LogP contribution in [0.2, 0.25) is 0 Å². The summed E-state index contributed by atoms with van der Waals surface area (Å²) in [7, 11) is 3.03. The predicted octanol–water partition coefficient (Wildman–Crippen LogP) is -0.184. The second-order valence-corrected chi connectivity index (χ2v) is 5.55. The number of fused-ring (bicyclic) bond motifs is 1. The molecule has 126 valence electrons. The number of aromatic nitrogens is 2. The minimum absolute atomic E-state index is 0.117. The fourth-order valence-electron chi connectivity index (χ4n) is 2.64. The Balaban J connectivity index is 1.78. The van der Waals surface area contributed by atoms with Crippen molar-refractivity contribution in [3.63, 3.8) is 0 Å². The first kappa shape index (κ1) is 15.9. The molecule has 1 amide bonds. The molecule has 0 saturated heterocycles. The minimum atomic E-state index is -0.714. The average Bonchev–Trinajstić information content (AvgIpc) is 2.57. The topological polar surface area (TPSA) is 102 Å². The van der Waals surface area contributed by atoms with E-state index in [0.717, 1.165) is 10.1 Å². The molecule has 1 aromatic heterocycles. The lowest BCUT2D eigenvalue weighted by Crippen LogP contribution is -2.45. The molecule has 0 radical (unpaired) electrons. The van der Waals surface area contributed by atoms with Gasteiger partial charge >= 0.3 is 5.69 Å². The van der Waals surface area contributed by atoms with Gasteiger partial charge in [-0.25, -0.2) is 4.79 Å². The van der Waals surface area contributed by atoms with Crippen LogP contribution in [0.4, 0.5) is 0 Å². The maximum atomic E-state index is 12.3. The number of nitrogens with one attached hydrogen (secondary N) is 2. The average molecular weight is 331 g/mol. The van der Waals surface area contributed by atoms with Gasteiger partial charge in [-0.05, 0) is 12.5 Å². The van der Waals surface area contributed by atoms with Crippen molar-refractivity contribution in [2.75, 3.05) is 13.7 Å². The molecule has 0 bridgehead atoms. The molecule has 0 saturated carbocycles. The molecule has 8 heteroatoms. The predicted molar refractivity (Wildman–Crippen MR) is 85.8 cm³/mol. The molecule has 2 heterocycles. The highest BCUT2D eigenvalue weighted by atomic mass is 16.5. The van der Waals surface area contributed by atoms with Crippen LogP contribution in [0, 0.1) is 0 Å². The van der Waals surface area contributed by atoms with Gasteiger partial charge in [0.05, 0.1) is 13.2 Å². The van der Waals surface area contributed by atoms with Crippen LogP contribution in [0.3, 0.4) is 0 Å². The minimum Gasteiger partial charge on any atom is -0.493 e. The van der Waals surface area contributed by atoms with Gasteiger partial charge in [0.1, 0.15) is 12.2 Å². The quantitative estimate of drug-likeness (QED) is 0.812. The number of nitrogens with zero attached hydrogens (tertiary/aromatic N) is 1. The van der Waals surface area contributed by atoms with E-state index in [1.165, 1.54) is 13.2 Å². The number of para-hydroxylation sites is 1. The van der Waals surface area contributed by atoms with E-state index >= 15 is 0 Å². The largest absolute Gasteiger partial charge is 0.493 e. The number of methoxy groups -OCH3 is 1. The van der Waals surface area contributed by atoms with Gasteiger partial charge in [0, 0.05) is 18.8 Å². The monoisotopic (exact) mass is 331 g/mol. The molecule has 1 aliphatic heterocycles. The van der Waals surface area contributed by atoms with E-state index in [1.54, 1.807) is 7.11 Å². The Morgan fingerprint density at radius 3 is 2.96 bits per heavy atom. The van der Waals surface area contributed by atoms with Crippen molar-refractivity contribution in [3.05, 3.63) is 56.4 Å². The van der Waals surface area contributed by atoms with Crippen LogP contribution in [0.5, 0.6) is 11.5 Å². The summed E-state index contributed by atoms with van der Waals surface area (Å²) in [6.45, 7) is 0.267. The molecule has 2 N–H and O–H groups in total. The summed E-state index contributed by atoms with van der Waals surface area (Å²) < 4.78 is 12.1. The Hall–Kier alpha value is -3.03. The lowest BCUT2D eigenvalue weighted by molar-refractivity contribution is 0.0912. The van der Waals surface area contributed by atoms with E-state index in [0.29, 0.717) is 17.9 Å². The fourth-order valence-corrected chi connectivity index (χ4v) is 2.64. The second-order valence-electron chi connectivity index (χ2n) is 5.55. The summed E-state index contributed by atoms with van der Waals surface area (Å²) in [6.07, 6.45) is 1.78. The van der Waals surface area contributed by atoms with Crippen molar-refractivity contribution in [2.45, 2.75) is 12.5 Å². The van der Waals surface area contributed by atoms with Crippen LogP contribution in [0.15, 0.2) is 34.0 Å². The highest BCUT2D eigenvalue weighted by Crippen LogP contribution is 2.34. The van der Waals surface area contributed by atoms with E-state index < -0.39 is 17.2 Å². The summed E-state index contributed by atoms with van der Waals surface area (Å²) >= 11 is 0. The highest BCUT2D eigenvalue weighted by Gasteiger charge is 2.25. The first-order valence-corrected chi connectivity index (χ1v) is 7.39. The standard InChI is InChI=1S/C16H17N3O5/c1-19-7-11(15(21)18-16(19)22)14(20)17-10-6-9-4-3-5-12(23-2)13(9)24-8-10/h3-5,7,10H,6,8H2,1-2H3,(H,17,20)(H,18,21,22). The number of aryl methyl sites for hydroxylation is 1. The molecule has 1 aliphatic rings. The van der Waals surface area contributed by atoms with Gasteiger partial charge in [-0.15, -0.1) is 0 Å². The van der Waals surface area contributed by atoms with Crippen LogP contribution in [0.25, 0.3) is 0 Å². The van der Waals surface area contributed by atoms with Gasteiger partial charge in [-0.1, -0.05) is 12.1 Å². The van der Waals surface area contributed by atoms with Crippen molar-refractivity contribution >= 4 is 5.91 Å². The Bertz CT molecular complexity index is 899. The summed E-state index contributed by atoms with van der Waals surface area (Å²) in [4.78, 5) is 37.5. The molecule has 1 unspecified atom stereocenters. The molecule has 0 aliphatic carbocycles. The Morgan fingerprint density at radius 2 is 2.21 bits per heavy atom. The third-order valence-electron chi connectivity index (χ3n) is 3.86. The van der Waals surface area contributed by atoms with E-state index in [9.17, 15) is 14.4 Å². The molecule has 2 aromatic rings. The summed E-state index contributed by atoms with van der Waals surface area (Å²) in [5.41, 5.74) is -0.484. The van der Waals surface area contributed by atoms with Crippen LogP contribution in [-0.2, 0) is 13.5 Å². The van der Waals surface area contributed by atoms with Crippen LogP contribution < -0.4 is 26.0 Å². The number of H-pyrrole nitrogens is 1. The highest BCUT2D eigenvalue weighted by molar-refractivity contribution is 5.93. The molecule has 0 spiro atoms. The zero-order chi connectivity index (χ0) is 17.3. The maximum absolute atomic E-state index is 12.3. The van der Waals surface area contributed by atoms with Gasteiger partial charge in [-0.2, -0.15) is 0 Å². The zero-order valence-electron chi connectivity index (χ0n) is 13.3. The lowest BCUT2D eigenvalue weighted by atomic mass is 10.0. The Kier molecular flexibility index (Phi) is 4.11. The zero-order valence-corrected chi connectivity index (χ0v) is 13.3. The number of rotatable bonds is 3. The van der Waals surface area contributed by atoms with Crippen molar-refractivity contribution in [3.8, 4) is 11.5 Å².